The number of aryl methyl sites for hydroxylation is 1. The fourth-order valence-corrected chi connectivity index (χ4v) is 2.76. The van der Waals surface area contributed by atoms with Crippen molar-refractivity contribution in [3.05, 3.63) is 71.8 Å². The molecule has 2 aromatic carbocycles. The molecule has 130 valence electrons. The summed E-state index contributed by atoms with van der Waals surface area (Å²) in [5, 5.41) is 18.1. The van der Waals surface area contributed by atoms with Crippen molar-refractivity contribution in [1.29, 1.82) is 0 Å². The van der Waals surface area contributed by atoms with Gasteiger partial charge in [0, 0.05) is 25.3 Å². The Morgan fingerprint density at radius 2 is 1.76 bits per heavy atom. The molecule has 0 spiro atoms. The van der Waals surface area contributed by atoms with Crippen molar-refractivity contribution in [1.82, 2.24) is 14.9 Å². The number of hydrogen-bond donors (Lipinski definition) is 2. The highest BCUT2D eigenvalue weighted by Crippen LogP contribution is 2.32. The minimum absolute atomic E-state index is 0.223. The van der Waals surface area contributed by atoms with E-state index in [1.54, 1.807) is 23.4 Å². The lowest BCUT2D eigenvalue weighted by Crippen LogP contribution is -2.21. The minimum atomic E-state index is -0.223. The Hall–Kier alpha value is -3.02. The summed E-state index contributed by atoms with van der Waals surface area (Å²) in [7, 11) is 4.02. The number of phenols is 1. The molecule has 1 unspecified atom stereocenters. The minimum Gasteiger partial charge on any atom is -0.508 e. The quantitative estimate of drug-likeness (QED) is 0.724. The van der Waals surface area contributed by atoms with Crippen LogP contribution in [0.15, 0.2) is 55.1 Å². The average molecular weight is 337 g/mol. The first-order chi connectivity index (χ1) is 12.1. The summed E-state index contributed by atoms with van der Waals surface area (Å²) in [6.45, 7) is 2.10. The molecule has 1 atom stereocenters. The second kappa shape index (κ2) is 7.25. The van der Waals surface area contributed by atoms with E-state index in [0.717, 1.165) is 23.2 Å². The fourth-order valence-electron chi connectivity index (χ4n) is 2.76. The van der Waals surface area contributed by atoms with Gasteiger partial charge in [-0.25, -0.2) is 4.68 Å². The van der Waals surface area contributed by atoms with Crippen molar-refractivity contribution in [2.75, 3.05) is 24.4 Å². The molecule has 3 rings (SSSR count). The summed E-state index contributed by atoms with van der Waals surface area (Å²) < 4.78 is 1.70. The number of phenolic OH excluding ortho intramolecular Hbond substituents is 1. The molecule has 0 saturated carbocycles. The van der Waals surface area contributed by atoms with E-state index in [1.165, 1.54) is 5.56 Å². The van der Waals surface area contributed by atoms with Crippen molar-refractivity contribution < 1.29 is 5.11 Å². The van der Waals surface area contributed by atoms with E-state index in [2.05, 4.69) is 51.7 Å². The Bertz CT molecular complexity index is 812. The van der Waals surface area contributed by atoms with Gasteiger partial charge < -0.3 is 15.4 Å². The van der Waals surface area contributed by atoms with Crippen molar-refractivity contribution in [2.45, 2.75) is 19.4 Å². The van der Waals surface area contributed by atoms with E-state index >= 15 is 0 Å². The van der Waals surface area contributed by atoms with Crippen molar-refractivity contribution in [3.63, 3.8) is 0 Å². The highest BCUT2D eigenvalue weighted by Gasteiger charge is 2.19. The Balaban J connectivity index is 2.03. The average Bonchev–Trinajstić information content (AvgIpc) is 3.14. The van der Waals surface area contributed by atoms with Crippen LogP contribution < -0.4 is 10.3 Å². The van der Waals surface area contributed by atoms with Crippen LogP contribution in [0.1, 0.15) is 29.7 Å². The Morgan fingerprint density at radius 1 is 1.08 bits per heavy atom. The van der Waals surface area contributed by atoms with Gasteiger partial charge >= 0.3 is 0 Å². The maximum Gasteiger partial charge on any atom is 0.138 e. The predicted octanol–water partition coefficient (Wildman–Crippen LogP) is 2.95. The lowest BCUT2D eigenvalue weighted by atomic mass is 9.96. The summed E-state index contributed by atoms with van der Waals surface area (Å²) in [5.41, 5.74) is 7.52. The van der Waals surface area contributed by atoms with Gasteiger partial charge in [-0.3, -0.25) is 0 Å². The molecule has 2 N–H and O–H groups in total. The van der Waals surface area contributed by atoms with E-state index in [1.807, 2.05) is 26.2 Å². The van der Waals surface area contributed by atoms with Gasteiger partial charge in [-0.2, -0.15) is 0 Å². The van der Waals surface area contributed by atoms with Crippen molar-refractivity contribution in [3.8, 4) is 5.75 Å². The molecular formula is C19H23N5O. The van der Waals surface area contributed by atoms with Crippen LogP contribution in [0.2, 0.25) is 0 Å². The zero-order valence-electron chi connectivity index (χ0n) is 14.7. The molecule has 0 radical (unpaired) electrons. The SMILES string of the molecule is CCc1ccc(O)c(C(Nn2cnnc2)c2ccc(N(C)C)cc2)c1. The number of aromatic nitrogens is 3. The van der Waals surface area contributed by atoms with Crippen LogP contribution in [0.4, 0.5) is 5.69 Å². The number of benzene rings is 2. The molecule has 3 aromatic rings. The molecule has 0 amide bonds. The van der Waals surface area contributed by atoms with Gasteiger partial charge in [0.05, 0.1) is 6.04 Å². The predicted molar refractivity (Wildman–Crippen MR) is 99.5 cm³/mol. The molecule has 6 heteroatoms. The maximum absolute atomic E-state index is 10.4. The first-order valence-electron chi connectivity index (χ1n) is 8.28. The molecule has 0 aliphatic heterocycles. The molecule has 0 fully saturated rings. The van der Waals surface area contributed by atoms with Gasteiger partial charge in [0.1, 0.15) is 18.4 Å². The monoisotopic (exact) mass is 337 g/mol. The summed E-state index contributed by atoms with van der Waals surface area (Å²) >= 11 is 0. The third kappa shape index (κ3) is 3.74. The van der Waals surface area contributed by atoms with Crippen LogP contribution in [0.25, 0.3) is 0 Å². The highest BCUT2D eigenvalue weighted by molar-refractivity contribution is 5.50. The van der Waals surface area contributed by atoms with Gasteiger partial charge in [-0.15, -0.1) is 10.2 Å². The maximum atomic E-state index is 10.4. The lowest BCUT2D eigenvalue weighted by Gasteiger charge is -2.23. The fraction of sp³-hybridized carbons (Fsp3) is 0.263. The van der Waals surface area contributed by atoms with Crippen LogP contribution in [0.5, 0.6) is 5.75 Å². The van der Waals surface area contributed by atoms with Crippen LogP contribution in [0, 0.1) is 0 Å². The van der Waals surface area contributed by atoms with Crippen molar-refractivity contribution in [2.24, 2.45) is 0 Å². The molecule has 25 heavy (non-hydrogen) atoms. The molecule has 0 aliphatic rings. The van der Waals surface area contributed by atoms with E-state index in [-0.39, 0.29) is 11.8 Å². The standard InChI is InChI=1S/C19H23N5O/c1-4-14-5-10-18(25)17(11-14)19(22-24-12-20-21-13-24)15-6-8-16(9-7-15)23(2)3/h5-13,19,22,25H,4H2,1-3H3. The van der Waals surface area contributed by atoms with Crippen LogP contribution in [-0.2, 0) is 6.42 Å². The van der Waals surface area contributed by atoms with Gasteiger partial charge in [0.2, 0.25) is 0 Å². The first-order valence-corrected chi connectivity index (χ1v) is 8.28. The van der Waals surface area contributed by atoms with Crippen molar-refractivity contribution >= 4 is 5.69 Å². The lowest BCUT2D eigenvalue weighted by molar-refractivity contribution is 0.464. The Kier molecular flexibility index (Phi) is 4.88. The number of rotatable bonds is 6. The smallest absolute Gasteiger partial charge is 0.138 e. The summed E-state index contributed by atoms with van der Waals surface area (Å²) in [6, 6.07) is 13.8. The normalized spacial score (nSPS) is 12.0. The number of aromatic hydroxyl groups is 1. The van der Waals surface area contributed by atoms with Crippen LogP contribution in [0.3, 0.4) is 0 Å². The molecule has 0 aliphatic carbocycles. The van der Waals surface area contributed by atoms with Gasteiger partial charge in [-0.05, 0) is 41.8 Å². The van der Waals surface area contributed by atoms with E-state index in [9.17, 15) is 5.11 Å². The third-order valence-corrected chi connectivity index (χ3v) is 4.25. The first kappa shape index (κ1) is 16.8. The Labute approximate surface area is 147 Å². The van der Waals surface area contributed by atoms with Gasteiger partial charge in [-0.1, -0.05) is 25.1 Å². The van der Waals surface area contributed by atoms with E-state index in [4.69, 9.17) is 0 Å². The molecule has 1 heterocycles. The molecule has 6 nitrogen and oxygen atoms in total. The second-order valence-corrected chi connectivity index (χ2v) is 6.16. The van der Waals surface area contributed by atoms with E-state index < -0.39 is 0 Å². The van der Waals surface area contributed by atoms with Crippen LogP contribution in [-0.4, -0.2) is 34.1 Å². The second-order valence-electron chi connectivity index (χ2n) is 6.16. The molecule has 0 saturated heterocycles. The number of hydrogen-bond acceptors (Lipinski definition) is 5. The van der Waals surface area contributed by atoms with Gasteiger partial charge in [0.15, 0.2) is 0 Å². The molecular weight excluding hydrogens is 314 g/mol. The third-order valence-electron chi connectivity index (χ3n) is 4.25. The highest BCUT2D eigenvalue weighted by atomic mass is 16.3. The molecule has 1 aromatic heterocycles. The topological polar surface area (TPSA) is 66.2 Å². The Morgan fingerprint density at radius 3 is 2.36 bits per heavy atom. The number of nitrogens with zero attached hydrogens (tertiary/aromatic N) is 4. The summed E-state index contributed by atoms with van der Waals surface area (Å²) in [6.07, 6.45) is 4.11. The zero-order chi connectivity index (χ0) is 17.8. The van der Waals surface area contributed by atoms with Crippen LogP contribution >= 0.6 is 0 Å². The number of anilines is 1. The largest absolute Gasteiger partial charge is 0.508 e. The zero-order valence-corrected chi connectivity index (χ0v) is 14.7. The van der Waals surface area contributed by atoms with Gasteiger partial charge in [0.25, 0.3) is 0 Å². The molecule has 0 bridgehead atoms. The van der Waals surface area contributed by atoms with E-state index in [0.29, 0.717) is 0 Å². The summed E-state index contributed by atoms with van der Waals surface area (Å²) in [4.78, 5) is 2.06. The summed E-state index contributed by atoms with van der Waals surface area (Å²) in [5.74, 6) is 0.263. The number of nitrogens with one attached hydrogen (secondary N) is 1.